The molecule has 5 nitrogen and oxygen atoms in total. The Kier molecular flexibility index (Phi) is 2.82. The third-order valence-corrected chi connectivity index (χ3v) is 4.88. The Balaban J connectivity index is 1.88. The van der Waals surface area contributed by atoms with Crippen LogP contribution in [0.4, 0.5) is 0 Å². The maximum atomic E-state index is 9.52. The SMILES string of the molecule is Oc1ccc(-c2nc3ccc4[nH]ncc4c3c3c2CCCC3)nc1. The molecule has 1 aliphatic carbocycles. The third-order valence-electron chi connectivity index (χ3n) is 4.88. The molecule has 5 heteroatoms. The van der Waals surface area contributed by atoms with Gasteiger partial charge in [-0.05, 0) is 61.1 Å². The van der Waals surface area contributed by atoms with Crippen LogP contribution in [0, 0.1) is 0 Å². The summed E-state index contributed by atoms with van der Waals surface area (Å²) in [6, 6.07) is 7.59. The van der Waals surface area contributed by atoms with Crippen LogP contribution in [0.15, 0.2) is 36.7 Å². The number of aryl methyl sites for hydroxylation is 1. The van der Waals surface area contributed by atoms with Crippen molar-refractivity contribution < 1.29 is 5.11 Å². The Labute approximate surface area is 138 Å². The summed E-state index contributed by atoms with van der Waals surface area (Å²) < 4.78 is 0. The fourth-order valence-electron chi connectivity index (χ4n) is 3.78. The van der Waals surface area contributed by atoms with E-state index in [-0.39, 0.29) is 5.75 Å². The Morgan fingerprint density at radius 1 is 0.958 bits per heavy atom. The van der Waals surface area contributed by atoms with Crippen molar-refractivity contribution in [1.82, 2.24) is 20.2 Å². The maximum absolute atomic E-state index is 9.52. The quantitative estimate of drug-likeness (QED) is 0.561. The molecule has 3 heterocycles. The minimum absolute atomic E-state index is 0.175. The van der Waals surface area contributed by atoms with Crippen LogP contribution in [0.5, 0.6) is 5.75 Å². The molecule has 0 unspecified atom stereocenters. The summed E-state index contributed by atoms with van der Waals surface area (Å²) in [5, 5.41) is 19.1. The molecule has 0 saturated carbocycles. The monoisotopic (exact) mass is 316 g/mol. The summed E-state index contributed by atoms with van der Waals surface area (Å²) in [5.74, 6) is 0.175. The average Bonchev–Trinajstić information content (AvgIpc) is 3.10. The summed E-state index contributed by atoms with van der Waals surface area (Å²) in [6.45, 7) is 0. The van der Waals surface area contributed by atoms with Crippen molar-refractivity contribution in [2.75, 3.05) is 0 Å². The highest BCUT2D eigenvalue weighted by Crippen LogP contribution is 2.37. The van der Waals surface area contributed by atoms with Crippen molar-refractivity contribution >= 4 is 21.8 Å². The van der Waals surface area contributed by atoms with E-state index >= 15 is 0 Å². The standard InChI is InChI=1S/C19H16N4O/c24-11-5-6-17(20-9-11)19-13-4-2-1-3-12(13)18-14-10-21-23-15(14)7-8-16(18)22-19/h5-10,24H,1-4H2,(H,21,23). The summed E-state index contributed by atoms with van der Waals surface area (Å²) >= 11 is 0. The molecule has 1 aliphatic rings. The highest BCUT2D eigenvalue weighted by atomic mass is 16.3. The van der Waals surface area contributed by atoms with Crippen molar-refractivity contribution in [3.63, 3.8) is 0 Å². The van der Waals surface area contributed by atoms with Crippen LogP contribution >= 0.6 is 0 Å². The van der Waals surface area contributed by atoms with Crippen LogP contribution in [-0.2, 0) is 12.8 Å². The van der Waals surface area contributed by atoms with Gasteiger partial charge in [0.15, 0.2) is 0 Å². The first-order valence-electron chi connectivity index (χ1n) is 8.24. The number of hydrogen-bond acceptors (Lipinski definition) is 4. The molecule has 0 amide bonds. The van der Waals surface area contributed by atoms with Gasteiger partial charge in [0.05, 0.1) is 34.8 Å². The molecule has 0 radical (unpaired) electrons. The molecule has 0 fully saturated rings. The molecule has 0 aliphatic heterocycles. The molecule has 0 spiro atoms. The van der Waals surface area contributed by atoms with E-state index in [0.717, 1.165) is 40.6 Å². The molecule has 3 aromatic heterocycles. The van der Waals surface area contributed by atoms with Gasteiger partial charge in [0, 0.05) is 10.8 Å². The van der Waals surface area contributed by atoms with Gasteiger partial charge in [-0.15, -0.1) is 0 Å². The number of hydrogen-bond donors (Lipinski definition) is 2. The zero-order chi connectivity index (χ0) is 16.1. The summed E-state index contributed by atoms with van der Waals surface area (Å²) in [4.78, 5) is 9.32. The van der Waals surface area contributed by atoms with Gasteiger partial charge < -0.3 is 5.11 Å². The number of nitrogens with one attached hydrogen (secondary N) is 1. The largest absolute Gasteiger partial charge is 0.506 e. The lowest BCUT2D eigenvalue weighted by atomic mass is 9.86. The Hall–Kier alpha value is -2.95. The maximum Gasteiger partial charge on any atom is 0.133 e. The summed E-state index contributed by atoms with van der Waals surface area (Å²) in [6.07, 6.45) is 7.83. The molecule has 0 atom stereocenters. The van der Waals surface area contributed by atoms with Crippen molar-refractivity contribution in [3.05, 3.63) is 47.8 Å². The Morgan fingerprint density at radius 3 is 2.67 bits per heavy atom. The van der Waals surface area contributed by atoms with Crippen LogP contribution in [0.25, 0.3) is 33.2 Å². The molecule has 0 saturated heterocycles. The lowest BCUT2D eigenvalue weighted by molar-refractivity contribution is 0.473. The van der Waals surface area contributed by atoms with Crippen molar-refractivity contribution in [2.45, 2.75) is 25.7 Å². The zero-order valence-corrected chi connectivity index (χ0v) is 13.1. The number of nitrogens with zero attached hydrogens (tertiary/aromatic N) is 3. The fourth-order valence-corrected chi connectivity index (χ4v) is 3.78. The van der Waals surface area contributed by atoms with Crippen LogP contribution < -0.4 is 0 Å². The van der Waals surface area contributed by atoms with Gasteiger partial charge in [-0.1, -0.05) is 0 Å². The zero-order valence-electron chi connectivity index (χ0n) is 13.1. The number of aromatic hydroxyl groups is 1. The van der Waals surface area contributed by atoms with Gasteiger partial charge in [-0.2, -0.15) is 5.10 Å². The topological polar surface area (TPSA) is 74.7 Å². The number of H-pyrrole nitrogens is 1. The van der Waals surface area contributed by atoms with Crippen molar-refractivity contribution in [2.24, 2.45) is 0 Å². The number of pyridine rings is 2. The van der Waals surface area contributed by atoms with E-state index in [4.69, 9.17) is 4.98 Å². The van der Waals surface area contributed by atoms with Gasteiger partial charge in [0.25, 0.3) is 0 Å². The van der Waals surface area contributed by atoms with E-state index in [1.54, 1.807) is 6.07 Å². The van der Waals surface area contributed by atoms with Crippen LogP contribution in [0.1, 0.15) is 24.0 Å². The first-order chi connectivity index (χ1) is 11.8. The molecule has 5 rings (SSSR count). The number of fused-ring (bicyclic) bond motifs is 5. The van der Waals surface area contributed by atoms with E-state index in [9.17, 15) is 5.11 Å². The second kappa shape index (κ2) is 5.03. The third kappa shape index (κ3) is 1.91. The highest BCUT2D eigenvalue weighted by molar-refractivity contribution is 6.07. The number of aromatic amines is 1. The molecule has 2 N–H and O–H groups in total. The molecule has 1 aromatic carbocycles. The molecule has 0 bridgehead atoms. The van der Waals surface area contributed by atoms with Gasteiger partial charge in [-0.3, -0.25) is 10.1 Å². The molecular formula is C19H16N4O. The van der Waals surface area contributed by atoms with E-state index in [1.165, 1.54) is 35.6 Å². The van der Waals surface area contributed by atoms with Gasteiger partial charge in [0.1, 0.15) is 5.75 Å². The first-order valence-corrected chi connectivity index (χ1v) is 8.24. The van der Waals surface area contributed by atoms with E-state index in [0.29, 0.717) is 0 Å². The van der Waals surface area contributed by atoms with Gasteiger partial charge >= 0.3 is 0 Å². The molecule has 118 valence electrons. The minimum atomic E-state index is 0.175. The van der Waals surface area contributed by atoms with E-state index in [2.05, 4.69) is 21.2 Å². The van der Waals surface area contributed by atoms with Gasteiger partial charge in [-0.25, -0.2) is 4.98 Å². The average molecular weight is 316 g/mol. The second-order valence-corrected chi connectivity index (χ2v) is 6.32. The van der Waals surface area contributed by atoms with Crippen LogP contribution in [0.2, 0.25) is 0 Å². The molecule has 4 aromatic rings. The minimum Gasteiger partial charge on any atom is -0.506 e. The number of aromatic nitrogens is 4. The van der Waals surface area contributed by atoms with Crippen molar-refractivity contribution in [3.8, 4) is 17.1 Å². The normalized spacial score (nSPS) is 14.2. The van der Waals surface area contributed by atoms with Crippen molar-refractivity contribution in [1.29, 1.82) is 0 Å². The van der Waals surface area contributed by atoms with Crippen LogP contribution in [0.3, 0.4) is 0 Å². The summed E-state index contributed by atoms with van der Waals surface area (Å²) in [5.41, 5.74) is 6.46. The molecule has 24 heavy (non-hydrogen) atoms. The molecular weight excluding hydrogens is 300 g/mol. The first kappa shape index (κ1) is 13.5. The highest BCUT2D eigenvalue weighted by Gasteiger charge is 2.21. The van der Waals surface area contributed by atoms with E-state index < -0.39 is 0 Å². The van der Waals surface area contributed by atoms with Crippen LogP contribution in [-0.4, -0.2) is 25.3 Å². The van der Waals surface area contributed by atoms with Gasteiger partial charge in [0.2, 0.25) is 0 Å². The second-order valence-electron chi connectivity index (χ2n) is 6.32. The predicted molar refractivity (Wildman–Crippen MR) is 92.9 cm³/mol. The fraction of sp³-hybridized carbons (Fsp3) is 0.211. The predicted octanol–water partition coefficient (Wildman–Crippen LogP) is 3.76. The lowest BCUT2D eigenvalue weighted by Crippen LogP contribution is -2.08. The Morgan fingerprint density at radius 2 is 1.83 bits per heavy atom. The summed E-state index contributed by atoms with van der Waals surface area (Å²) in [7, 11) is 0. The van der Waals surface area contributed by atoms with E-state index in [1.807, 2.05) is 18.3 Å². The number of benzene rings is 1. The number of rotatable bonds is 1. The lowest BCUT2D eigenvalue weighted by Gasteiger charge is -2.21. The Bertz CT molecular complexity index is 1070. The smallest absolute Gasteiger partial charge is 0.133 e.